The molecule has 0 spiro atoms. The molecule has 6 heteroatoms. The molecule has 6 nitrogen and oxygen atoms in total. The lowest BCUT2D eigenvalue weighted by Gasteiger charge is -2.10. The number of hydrogen-bond donors (Lipinski definition) is 2. The highest BCUT2D eigenvalue weighted by Gasteiger charge is 2.16. The summed E-state index contributed by atoms with van der Waals surface area (Å²) in [5.41, 5.74) is 5.60. The maximum atomic E-state index is 11.3. The topological polar surface area (TPSA) is 93.8 Å². The van der Waals surface area contributed by atoms with E-state index in [0.29, 0.717) is 19.6 Å². The minimum atomic E-state index is -0.604. The summed E-state index contributed by atoms with van der Waals surface area (Å²) in [5, 5.41) is 2.88. The first kappa shape index (κ1) is 20.7. The van der Waals surface area contributed by atoms with Gasteiger partial charge in [0.1, 0.15) is 17.1 Å². The Balaban J connectivity index is 1.65. The maximum absolute atomic E-state index is 11.3. The van der Waals surface area contributed by atoms with E-state index in [1.54, 1.807) is 0 Å². The number of benzene rings is 1. The third kappa shape index (κ3) is 6.55. The van der Waals surface area contributed by atoms with Gasteiger partial charge < -0.3 is 15.8 Å². The van der Waals surface area contributed by atoms with Crippen LogP contribution in [0, 0.1) is 0 Å². The van der Waals surface area contributed by atoms with Crippen molar-refractivity contribution in [1.82, 2.24) is 0 Å². The Hall–Kier alpha value is -2.63. The molecule has 0 amide bonds. The van der Waals surface area contributed by atoms with Crippen LogP contribution in [0.15, 0.2) is 38.8 Å². The summed E-state index contributed by atoms with van der Waals surface area (Å²) in [6.45, 7) is 4.10. The predicted molar refractivity (Wildman–Crippen MR) is 112 cm³/mol. The predicted octanol–water partition coefficient (Wildman–Crippen LogP) is 3.14. The van der Waals surface area contributed by atoms with Gasteiger partial charge in [0.25, 0.3) is 10.9 Å². The fourth-order valence-corrected chi connectivity index (χ4v) is 2.72. The summed E-state index contributed by atoms with van der Waals surface area (Å²) < 4.78 is 5.73. The van der Waals surface area contributed by atoms with Crippen LogP contribution in [0.2, 0.25) is 0 Å². The second-order valence-corrected chi connectivity index (χ2v) is 6.60. The molecule has 0 aromatic heterocycles. The molecule has 0 unspecified atom stereocenters. The van der Waals surface area contributed by atoms with Gasteiger partial charge in [0.05, 0.1) is 6.61 Å². The molecule has 2 aromatic carbocycles. The average Bonchev–Trinajstić information content (AvgIpc) is 2.69. The molecule has 2 rings (SSSR count). The molecule has 0 aliphatic carbocycles. The van der Waals surface area contributed by atoms with Crippen molar-refractivity contribution in [2.75, 3.05) is 30.7 Å². The van der Waals surface area contributed by atoms with Crippen LogP contribution in [0.4, 0.5) is 11.4 Å². The average molecular weight is 371 g/mol. The van der Waals surface area contributed by atoms with Crippen LogP contribution in [-0.2, 0) is 0 Å². The number of rotatable bonds is 13. The normalized spacial score (nSPS) is 11.3. The number of aliphatic imine (C=N–C) groups is 1. The Labute approximate surface area is 160 Å². The van der Waals surface area contributed by atoms with E-state index in [2.05, 4.69) is 17.2 Å². The van der Waals surface area contributed by atoms with Gasteiger partial charge in [0.15, 0.2) is 0 Å². The Morgan fingerprint density at radius 2 is 1.93 bits per heavy atom. The third-order valence-electron chi connectivity index (χ3n) is 4.33. The molecule has 0 saturated heterocycles. The zero-order valence-electron chi connectivity index (χ0n) is 16.0. The van der Waals surface area contributed by atoms with Gasteiger partial charge in [0.2, 0.25) is 0 Å². The van der Waals surface area contributed by atoms with Gasteiger partial charge in [-0.2, -0.15) is 0 Å². The van der Waals surface area contributed by atoms with E-state index in [0.717, 1.165) is 24.3 Å². The van der Waals surface area contributed by atoms with Crippen molar-refractivity contribution in [3.63, 3.8) is 0 Å². The highest BCUT2D eigenvalue weighted by molar-refractivity contribution is 5.80. The summed E-state index contributed by atoms with van der Waals surface area (Å²) in [5.74, 6) is 0.788. The van der Waals surface area contributed by atoms with Crippen LogP contribution in [0.1, 0.15) is 51.0 Å². The molecular weight excluding hydrogens is 342 g/mol. The first-order valence-electron chi connectivity index (χ1n) is 9.68. The van der Waals surface area contributed by atoms with Gasteiger partial charge in [-0.05, 0) is 30.5 Å². The van der Waals surface area contributed by atoms with Crippen LogP contribution >= 0.6 is 0 Å². The quantitative estimate of drug-likeness (QED) is 0.320. The van der Waals surface area contributed by atoms with Crippen LogP contribution < -0.4 is 26.6 Å². The van der Waals surface area contributed by atoms with Crippen LogP contribution in [-0.4, -0.2) is 25.9 Å². The van der Waals surface area contributed by atoms with Gasteiger partial charge in [-0.3, -0.25) is 14.6 Å². The van der Waals surface area contributed by atoms with E-state index < -0.39 is 10.9 Å². The summed E-state index contributed by atoms with van der Waals surface area (Å²) >= 11 is 0. The van der Waals surface area contributed by atoms with Crippen molar-refractivity contribution in [1.29, 1.82) is 0 Å². The van der Waals surface area contributed by atoms with Gasteiger partial charge in [0, 0.05) is 19.3 Å². The molecule has 0 saturated carbocycles. The molecule has 0 heterocycles. The molecular formula is C21H29N3O3. The molecule has 27 heavy (non-hydrogen) atoms. The number of nitrogens with zero attached hydrogens (tertiary/aromatic N) is 1. The molecule has 0 fully saturated rings. The zero-order valence-corrected chi connectivity index (χ0v) is 16.0. The van der Waals surface area contributed by atoms with Crippen molar-refractivity contribution >= 4 is 17.6 Å². The lowest BCUT2D eigenvalue weighted by Crippen LogP contribution is -2.37. The Morgan fingerprint density at radius 3 is 2.70 bits per heavy atom. The summed E-state index contributed by atoms with van der Waals surface area (Å²) in [6, 6.07) is 7.82. The van der Waals surface area contributed by atoms with Crippen LogP contribution in [0.25, 0.3) is 0 Å². The minimum absolute atomic E-state index is 0.0262. The molecule has 2 aromatic rings. The number of nitrogen functional groups attached to an aromatic ring is 1. The lowest BCUT2D eigenvalue weighted by atomic mass is 10.1. The first-order chi connectivity index (χ1) is 13.1. The van der Waals surface area contributed by atoms with Crippen molar-refractivity contribution in [3.8, 4) is 5.75 Å². The van der Waals surface area contributed by atoms with E-state index in [1.807, 2.05) is 30.5 Å². The fourth-order valence-electron chi connectivity index (χ4n) is 2.72. The molecule has 0 bridgehead atoms. The van der Waals surface area contributed by atoms with E-state index in [9.17, 15) is 9.59 Å². The van der Waals surface area contributed by atoms with E-state index >= 15 is 0 Å². The van der Waals surface area contributed by atoms with E-state index in [-0.39, 0.29) is 11.4 Å². The van der Waals surface area contributed by atoms with Crippen molar-refractivity contribution in [2.24, 2.45) is 4.99 Å². The van der Waals surface area contributed by atoms with Crippen LogP contribution in [0.3, 0.4) is 0 Å². The maximum Gasteiger partial charge on any atom is 0.253 e. The monoisotopic (exact) mass is 371 g/mol. The smallest absolute Gasteiger partial charge is 0.253 e. The van der Waals surface area contributed by atoms with Gasteiger partial charge in [-0.15, -0.1) is 0 Å². The number of hydrogen-bond acceptors (Lipinski definition) is 6. The van der Waals surface area contributed by atoms with Crippen molar-refractivity contribution < 1.29 is 4.74 Å². The first-order valence-corrected chi connectivity index (χ1v) is 9.68. The lowest BCUT2D eigenvalue weighted by molar-refractivity contribution is 0.315. The molecule has 0 radical (unpaired) electrons. The minimum Gasteiger partial charge on any atom is -0.494 e. The summed E-state index contributed by atoms with van der Waals surface area (Å²) in [6.07, 6.45) is 8.81. The standard InChI is InChI=1S/C21H29N3O3/c1-2-3-4-5-6-11-23-15-16-9-7-10-17(14-16)27-13-8-12-24-19-18(22)20(25)21(19)26/h7,9-10,14-15,24H,2-6,8,11-13,22H2,1H3. The van der Waals surface area contributed by atoms with E-state index in [4.69, 9.17) is 10.5 Å². The molecule has 146 valence electrons. The van der Waals surface area contributed by atoms with Crippen molar-refractivity contribution in [2.45, 2.75) is 45.4 Å². The zero-order chi connectivity index (χ0) is 19.5. The molecule has 0 atom stereocenters. The van der Waals surface area contributed by atoms with Crippen LogP contribution in [0.5, 0.6) is 5.75 Å². The Morgan fingerprint density at radius 1 is 1.11 bits per heavy atom. The number of ether oxygens (including phenoxy) is 1. The highest BCUT2D eigenvalue weighted by Crippen LogP contribution is 2.13. The second-order valence-electron chi connectivity index (χ2n) is 6.60. The van der Waals surface area contributed by atoms with Gasteiger partial charge in [-0.1, -0.05) is 44.7 Å². The summed E-state index contributed by atoms with van der Waals surface area (Å²) in [7, 11) is 0. The number of nitrogens with one attached hydrogen (secondary N) is 1. The molecule has 0 aliphatic heterocycles. The van der Waals surface area contributed by atoms with Gasteiger partial charge in [-0.25, -0.2) is 0 Å². The number of unbranched alkanes of at least 4 members (excludes halogenated alkanes) is 4. The third-order valence-corrected chi connectivity index (χ3v) is 4.33. The fraction of sp³-hybridized carbons (Fsp3) is 0.476. The molecule has 0 aliphatic rings. The number of nitrogens with two attached hydrogens (primary N) is 1. The largest absolute Gasteiger partial charge is 0.494 e. The second kappa shape index (κ2) is 11.2. The Bertz CT molecular complexity index is 807. The highest BCUT2D eigenvalue weighted by atomic mass is 16.5. The number of anilines is 2. The van der Waals surface area contributed by atoms with Crippen molar-refractivity contribution in [3.05, 3.63) is 50.3 Å². The molecule has 3 N–H and O–H groups in total. The SMILES string of the molecule is CCCCCCCN=Cc1cccc(OCCCNc2c(N)c(=O)c2=O)c1. The summed E-state index contributed by atoms with van der Waals surface area (Å²) in [4.78, 5) is 26.8. The van der Waals surface area contributed by atoms with Gasteiger partial charge >= 0.3 is 0 Å². The van der Waals surface area contributed by atoms with E-state index in [1.165, 1.54) is 25.7 Å². The Kier molecular flexibility index (Phi) is 8.55.